The molecule has 2 aliphatic heterocycles. The van der Waals surface area contributed by atoms with Crippen molar-refractivity contribution in [1.82, 2.24) is 9.80 Å². The second-order valence-electron chi connectivity index (χ2n) is 4.95. The lowest BCUT2D eigenvalue weighted by atomic mass is 10.1. The molecule has 1 aromatic carbocycles. The predicted octanol–water partition coefficient (Wildman–Crippen LogP) is -0.0683. The maximum atomic E-state index is 12.6. The minimum atomic E-state index is -0.230. The third kappa shape index (κ3) is 2.54. The van der Waals surface area contributed by atoms with E-state index in [2.05, 4.69) is 5.32 Å². The van der Waals surface area contributed by atoms with Crippen molar-refractivity contribution in [1.29, 1.82) is 0 Å². The summed E-state index contributed by atoms with van der Waals surface area (Å²) in [5.74, 6) is 0.0418. The fourth-order valence-electron chi connectivity index (χ4n) is 2.48. The molecule has 0 atom stereocenters. The molecule has 1 saturated heterocycles. The van der Waals surface area contributed by atoms with Gasteiger partial charge < -0.3 is 19.9 Å². The van der Waals surface area contributed by atoms with Crippen LogP contribution in [0.25, 0.3) is 0 Å². The number of rotatable bonds is 2. The Morgan fingerprint density at radius 1 is 1.24 bits per heavy atom. The topological polar surface area (TPSA) is 79.0 Å². The molecule has 3 rings (SSSR count). The Balaban J connectivity index is 1.81. The SMILES string of the molecule is O=CN1CCN(C(=O)c2cccc3c2OCC(=O)N3)CC1. The van der Waals surface area contributed by atoms with Crippen molar-refractivity contribution in [2.45, 2.75) is 0 Å². The quantitative estimate of drug-likeness (QED) is 0.773. The molecule has 0 radical (unpaired) electrons. The Labute approximate surface area is 121 Å². The molecular formula is C14H15N3O4. The number of hydrogen-bond donors (Lipinski definition) is 1. The Morgan fingerprint density at radius 3 is 2.71 bits per heavy atom. The van der Waals surface area contributed by atoms with Gasteiger partial charge in [-0.2, -0.15) is 0 Å². The zero-order valence-corrected chi connectivity index (χ0v) is 11.4. The largest absolute Gasteiger partial charge is 0.481 e. The van der Waals surface area contributed by atoms with E-state index in [-0.39, 0.29) is 18.4 Å². The van der Waals surface area contributed by atoms with Crippen LogP contribution in [-0.4, -0.2) is 60.8 Å². The summed E-state index contributed by atoms with van der Waals surface area (Å²) in [6, 6.07) is 5.10. The standard InChI is InChI=1S/C14H15N3O4/c18-9-16-4-6-17(7-5-16)14(20)10-2-1-3-11-13(10)21-8-12(19)15-11/h1-3,9H,4-8H2,(H,15,19). The van der Waals surface area contributed by atoms with Crippen LogP contribution in [0.5, 0.6) is 5.75 Å². The van der Waals surface area contributed by atoms with Crippen LogP contribution < -0.4 is 10.1 Å². The van der Waals surface area contributed by atoms with Gasteiger partial charge in [-0.05, 0) is 12.1 Å². The minimum absolute atomic E-state index is 0.0871. The van der Waals surface area contributed by atoms with Crippen molar-refractivity contribution < 1.29 is 19.1 Å². The lowest BCUT2D eigenvalue weighted by Crippen LogP contribution is -2.48. The molecule has 0 spiro atoms. The third-order valence-corrected chi connectivity index (χ3v) is 3.62. The molecule has 110 valence electrons. The lowest BCUT2D eigenvalue weighted by Gasteiger charge is -2.33. The van der Waals surface area contributed by atoms with Gasteiger partial charge in [0.25, 0.3) is 11.8 Å². The van der Waals surface area contributed by atoms with Gasteiger partial charge in [0.2, 0.25) is 6.41 Å². The Hall–Kier alpha value is -2.57. The van der Waals surface area contributed by atoms with Gasteiger partial charge in [0.05, 0.1) is 11.3 Å². The van der Waals surface area contributed by atoms with E-state index in [9.17, 15) is 14.4 Å². The summed E-state index contributed by atoms with van der Waals surface area (Å²) in [7, 11) is 0. The van der Waals surface area contributed by atoms with Crippen LogP contribution in [0, 0.1) is 0 Å². The number of anilines is 1. The van der Waals surface area contributed by atoms with E-state index in [1.165, 1.54) is 0 Å². The molecule has 0 unspecified atom stereocenters. The van der Waals surface area contributed by atoms with Crippen LogP contribution in [0.1, 0.15) is 10.4 Å². The summed E-state index contributed by atoms with van der Waals surface area (Å²) in [5, 5.41) is 2.69. The molecule has 2 aliphatic rings. The number of carbonyl (C=O) groups excluding carboxylic acids is 3. The van der Waals surface area contributed by atoms with Crippen molar-refractivity contribution in [3.05, 3.63) is 23.8 Å². The predicted molar refractivity (Wildman–Crippen MR) is 74.1 cm³/mol. The number of fused-ring (bicyclic) bond motifs is 1. The number of nitrogens with zero attached hydrogens (tertiary/aromatic N) is 2. The van der Waals surface area contributed by atoms with Gasteiger partial charge >= 0.3 is 0 Å². The van der Waals surface area contributed by atoms with Crippen molar-refractivity contribution in [2.75, 3.05) is 38.1 Å². The second-order valence-corrected chi connectivity index (χ2v) is 4.95. The van der Waals surface area contributed by atoms with E-state index >= 15 is 0 Å². The minimum Gasteiger partial charge on any atom is -0.481 e. The Morgan fingerprint density at radius 2 is 2.00 bits per heavy atom. The monoisotopic (exact) mass is 289 g/mol. The fourth-order valence-corrected chi connectivity index (χ4v) is 2.48. The van der Waals surface area contributed by atoms with Gasteiger partial charge in [-0.25, -0.2) is 0 Å². The second kappa shape index (κ2) is 5.43. The molecule has 1 aromatic rings. The highest BCUT2D eigenvalue weighted by atomic mass is 16.5. The average Bonchev–Trinajstić information content (AvgIpc) is 2.53. The lowest BCUT2D eigenvalue weighted by molar-refractivity contribution is -0.119. The summed E-state index contributed by atoms with van der Waals surface area (Å²) < 4.78 is 5.39. The molecule has 0 aromatic heterocycles. The summed E-state index contributed by atoms with van der Waals surface area (Å²) in [6.07, 6.45) is 0.796. The highest BCUT2D eigenvalue weighted by Gasteiger charge is 2.27. The van der Waals surface area contributed by atoms with Gasteiger partial charge in [-0.15, -0.1) is 0 Å². The van der Waals surface area contributed by atoms with Gasteiger partial charge in [-0.1, -0.05) is 6.07 Å². The van der Waals surface area contributed by atoms with Gasteiger partial charge in [0.1, 0.15) is 0 Å². The first-order valence-corrected chi connectivity index (χ1v) is 6.73. The molecule has 3 amide bonds. The normalized spacial score (nSPS) is 17.6. The average molecular weight is 289 g/mol. The molecule has 2 heterocycles. The number of nitrogens with one attached hydrogen (secondary N) is 1. The highest BCUT2D eigenvalue weighted by Crippen LogP contribution is 2.32. The van der Waals surface area contributed by atoms with Gasteiger partial charge in [0, 0.05) is 26.2 Å². The van der Waals surface area contributed by atoms with E-state index in [1.807, 2.05) is 0 Å². The molecule has 21 heavy (non-hydrogen) atoms. The fraction of sp³-hybridized carbons (Fsp3) is 0.357. The number of ether oxygens (including phenoxy) is 1. The Bertz CT molecular complexity index is 594. The Kier molecular flexibility index (Phi) is 3.47. The van der Waals surface area contributed by atoms with E-state index < -0.39 is 0 Å². The number of para-hydroxylation sites is 1. The van der Waals surface area contributed by atoms with Gasteiger partial charge in [-0.3, -0.25) is 14.4 Å². The molecule has 0 bridgehead atoms. The van der Waals surface area contributed by atoms with E-state index in [0.29, 0.717) is 43.2 Å². The summed E-state index contributed by atoms with van der Waals surface area (Å²) in [5.41, 5.74) is 0.954. The van der Waals surface area contributed by atoms with Crippen molar-refractivity contribution in [2.24, 2.45) is 0 Å². The van der Waals surface area contributed by atoms with Crippen molar-refractivity contribution >= 4 is 23.9 Å². The van der Waals surface area contributed by atoms with Crippen molar-refractivity contribution in [3.63, 3.8) is 0 Å². The zero-order chi connectivity index (χ0) is 14.8. The molecule has 1 fully saturated rings. The number of benzene rings is 1. The molecule has 7 heteroatoms. The molecule has 0 aliphatic carbocycles. The molecular weight excluding hydrogens is 274 g/mol. The summed E-state index contributed by atoms with van der Waals surface area (Å²) >= 11 is 0. The first-order valence-electron chi connectivity index (χ1n) is 6.73. The van der Waals surface area contributed by atoms with Crippen molar-refractivity contribution in [3.8, 4) is 5.75 Å². The maximum Gasteiger partial charge on any atom is 0.262 e. The van der Waals surface area contributed by atoms with E-state index in [0.717, 1.165) is 6.41 Å². The first kappa shape index (κ1) is 13.4. The highest BCUT2D eigenvalue weighted by molar-refractivity contribution is 6.03. The summed E-state index contributed by atoms with van der Waals surface area (Å²) in [4.78, 5) is 37.9. The van der Waals surface area contributed by atoms with Crippen LogP contribution in [-0.2, 0) is 9.59 Å². The number of piperazine rings is 1. The van der Waals surface area contributed by atoms with Crippen LogP contribution in [0.15, 0.2) is 18.2 Å². The molecule has 7 nitrogen and oxygen atoms in total. The first-order chi connectivity index (χ1) is 10.2. The van der Waals surface area contributed by atoms with E-state index in [4.69, 9.17) is 4.74 Å². The molecule has 0 saturated carbocycles. The van der Waals surface area contributed by atoms with Crippen LogP contribution in [0.3, 0.4) is 0 Å². The molecule has 1 N–H and O–H groups in total. The third-order valence-electron chi connectivity index (χ3n) is 3.62. The maximum absolute atomic E-state index is 12.6. The van der Waals surface area contributed by atoms with Gasteiger partial charge in [0.15, 0.2) is 12.4 Å². The van der Waals surface area contributed by atoms with Crippen LogP contribution in [0.4, 0.5) is 5.69 Å². The van der Waals surface area contributed by atoms with E-state index in [1.54, 1.807) is 28.0 Å². The number of amides is 3. The smallest absolute Gasteiger partial charge is 0.262 e. The summed E-state index contributed by atoms with van der Waals surface area (Å²) in [6.45, 7) is 1.96. The number of hydrogen-bond acceptors (Lipinski definition) is 4. The number of carbonyl (C=O) groups is 3. The van der Waals surface area contributed by atoms with Crippen LogP contribution in [0.2, 0.25) is 0 Å². The zero-order valence-electron chi connectivity index (χ0n) is 11.4. The van der Waals surface area contributed by atoms with Crippen LogP contribution >= 0.6 is 0 Å².